The van der Waals surface area contributed by atoms with E-state index in [4.69, 9.17) is 4.74 Å². The molecule has 0 unspecified atom stereocenters. The third-order valence-electron chi connectivity index (χ3n) is 4.11. The molecule has 0 bridgehead atoms. The van der Waals surface area contributed by atoms with Crippen LogP contribution in [0.1, 0.15) is 30.9 Å². The molecule has 2 nitrogen and oxygen atoms in total. The van der Waals surface area contributed by atoms with E-state index in [0.29, 0.717) is 5.92 Å². The van der Waals surface area contributed by atoms with Gasteiger partial charge in [0.2, 0.25) is 0 Å². The smallest absolute Gasteiger partial charge is 0.124 e. The second kappa shape index (κ2) is 6.31. The second-order valence-electron chi connectivity index (χ2n) is 6.04. The molecule has 2 heteroatoms. The molecular formula is C19H23NO. The van der Waals surface area contributed by atoms with Gasteiger partial charge in [0, 0.05) is 25.2 Å². The first-order valence-corrected chi connectivity index (χ1v) is 7.74. The van der Waals surface area contributed by atoms with Crippen molar-refractivity contribution in [3.63, 3.8) is 0 Å². The van der Waals surface area contributed by atoms with E-state index in [1.54, 1.807) is 0 Å². The second-order valence-corrected chi connectivity index (χ2v) is 6.04. The molecule has 21 heavy (non-hydrogen) atoms. The van der Waals surface area contributed by atoms with Crippen molar-refractivity contribution < 1.29 is 4.74 Å². The Balaban J connectivity index is 1.74. The molecule has 1 heterocycles. The Morgan fingerprint density at radius 2 is 1.81 bits per heavy atom. The monoisotopic (exact) mass is 281 g/mol. The van der Waals surface area contributed by atoms with Crippen LogP contribution in [0.15, 0.2) is 54.6 Å². The highest BCUT2D eigenvalue weighted by Crippen LogP contribution is 2.26. The highest BCUT2D eigenvalue weighted by Gasteiger charge is 2.21. The van der Waals surface area contributed by atoms with Crippen molar-refractivity contribution in [1.82, 2.24) is 4.90 Å². The molecule has 0 saturated heterocycles. The third kappa shape index (κ3) is 3.45. The molecule has 0 saturated carbocycles. The van der Waals surface area contributed by atoms with Crippen molar-refractivity contribution in [2.45, 2.75) is 32.4 Å². The summed E-state index contributed by atoms with van der Waals surface area (Å²) >= 11 is 0. The van der Waals surface area contributed by atoms with E-state index in [-0.39, 0.29) is 6.10 Å². The van der Waals surface area contributed by atoms with Crippen LogP contribution in [0.2, 0.25) is 0 Å². The Hall–Kier alpha value is -1.80. The third-order valence-corrected chi connectivity index (χ3v) is 4.11. The van der Waals surface area contributed by atoms with Gasteiger partial charge in [0.05, 0.1) is 0 Å². The van der Waals surface area contributed by atoms with Gasteiger partial charge < -0.3 is 4.74 Å². The molecule has 0 aromatic heterocycles. The summed E-state index contributed by atoms with van der Waals surface area (Å²) in [5.41, 5.74) is 2.70. The summed E-state index contributed by atoms with van der Waals surface area (Å²) in [6, 6.07) is 19.2. The molecule has 0 fully saturated rings. The Bertz CT molecular complexity index is 581. The van der Waals surface area contributed by atoms with E-state index < -0.39 is 0 Å². The van der Waals surface area contributed by atoms with Crippen molar-refractivity contribution in [3.05, 3.63) is 65.7 Å². The number of hydrogen-bond acceptors (Lipinski definition) is 2. The summed E-state index contributed by atoms with van der Waals surface area (Å²) in [5.74, 6) is 1.57. The Morgan fingerprint density at radius 3 is 2.62 bits per heavy atom. The van der Waals surface area contributed by atoms with Gasteiger partial charge in [-0.15, -0.1) is 0 Å². The van der Waals surface area contributed by atoms with Crippen LogP contribution in [-0.4, -0.2) is 24.1 Å². The first-order valence-electron chi connectivity index (χ1n) is 7.74. The Morgan fingerprint density at radius 1 is 1.10 bits per heavy atom. The number of nitrogens with zero attached hydrogens (tertiary/aromatic N) is 1. The number of para-hydroxylation sites is 1. The molecule has 0 aliphatic carbocycles. The van der Waals surface area contributed by atoms with Gasteiger partial charge in [0.1, 0.15) is 11.9 Å². The molecular weight excluding hydrogens is 258 g/mol. The summed E-state index contributed by atoms with van der Waals surface area (Å²) in [5, 5.41) is 0. The van der Waals surface area contributed by atoms with Gasteiger partial charge in [0.25, 0.3) is 0 Å². The highest BCUT2D eigenvalue weighted by molar-refractivity contribution is 5.34. The topological polar surface area (TPSA) is 12.5 Å². The first kappa shape index (κ1) is 14.2. The van der Waals surface area contributed by atoms with Crippen LogP contribution in [-0.2, 0) is 6.54 Å². The first-order chi connectivity index (χ1) is 10.2. The van der Waals surface area contributed by atoms with Gasteiger partial charge in [-0.25, -0.2) is 0 Å². The lowest BCUT2D eigenvalue weighted by atomic mass is 10.0. The van der Waals surface area contributed by atoms with Gasteiger partial charge >= 0.3 is 0 Å². The zero-order chi connectivity index (χ0) is 14.7. The molecule has 1 aliphatic rings. The average Bonchev–Trinajstić information content (AvgIpc) is 2.65. The zero-order valence-corrected chi connectivity index (χ0v) is 12.8. The number of fused-ring (bicyclic) bond motifs is 1. The molecule has 2 aromatic carbocycles. The lowest BCUT2D eigenvalue weighted by molar-refractivity contribution is 0.157. The quantitative estimate of drug-likeness (QED) is 0.840. The summed E-state index contributed by atoms with van der Waals surface area (Å²) in [6.45, 7) is 7.47. The summed E-state index contributed by atoms with van der Waals surface area (Å²) < 4.78 is 6.03. The number of rotatable bonds is 3. The summed E-state index contributed by atoms with van der Waals surface area (Å²) in [4.78, 5) is 2.51. The van der Waals surface area contributed by atoms with Crippen molar-refractivity contribution in [3.8, 4) is 5.75 Å². The van der Waals surface area contributed by atoms with E-state index in [0.717, 1.165) is 25.4 Å². The normalized spacial score (nSPS) is 20.2. The number of hydrogen-bond donors (Lipinski definition) is 0. The molecule has 3 rings (SSSR count). The van der Waals surface area contributed by atoms with Crippen molar-refractivity contribution in [2.75, 3.05) is 13.1 Å². The van der Waals surface area contributed by atoms with Crippen LogP contribution in [0.3, 0.4) is 0 Å². The summed E-state index contributed by atoms with van der Waals surface area (Å²) in [6.07, 6.45) is 0.233. The minimum atomic E-state index is 0.233. The van der Waals surface area contributed by atoms with Gasteiger partial charge in [0.15, 0.2) is 0 Å². The van der Waals surface area contributed by atoms with Crippen molar-refractivity contribution in [2.24, 2.45) is 0 Å². The standard InChI is InChI=1S/C19H23NO/c1-15(17-8-4-3-5-9-17)12-20-13-16(2)21-19-11-7-6-10-18(19)14-20/h3-11,15-16H,12-14H2,1-2H3/t15-,16-/m0/s1. The molecule has 0 spiro atoms. The molecule has 0 amide bonds. The number of benzene rings is 2. The number of ether oxygens (including phenoxy) is 1. The van der Waals surface area contributed by atoms with Crippen LogP contribution < -0.4 is 4.74 Å². The Labute approximate surface area is 127 Å². The maximum Gasteiger partial charge on any atom is 0.124 e. The summed E-state index contributed by atoms with van der Waals surface area (Å²) in [7, 11) is 0. The Kier molecular flexibility index (Phi) is 4.26. The van der Waals surface area contributed by atoms with Gasteiger partial charge in [-0.05, 0) is 24.5 Å². The van der Waals surface area contributed by atoms with Crippen LogP contribution in [0, 0.1) is 0 Å². The largest absolute Gasteiger partial charge is 0.489 e. The van der Waals surface area contributed by atoms with Crippen molar-refractivity contribution in [1.29, 1.82) is 0 Å². The van der Waals surface area contributed by atoms with Gasteiger partial charge in [-0.2, -0.15) is 0 Å². The minimum Gasteiger partial charge on any atom is -0.489 e. The fourth-order valence-corrected chi connectivity index (χ4v) is 3.09. The van der Waals surface area contributed by atoms with E-state index in [1.165, 1.54) is 11.1 Å². The molecule has 110 valence electrons. The predicted octanol–water partition coefficient (Wildman–Crippen LogP) is 4.07. The SMILES string of the molecule is C[C@H]1CN(C[C@H](C)c2ccccc2)Cc2ccccc2O1. The lowest BCUT2D eigenvalue weighted by Crippen LogP contribution is -2.33. The van der Waals surface area contributed by atoms with E-state index in [9.17, 15) is 0 Å². The molecule has 0 radical (unpaired) electrons. The van der Waals surface area contributed by atoms with Crippen LogP contribution in [0.4, 0.5) is 0 Å². The van der Waals surface area contributed by atoms with E-state index in [1.807, 2.05) is 6.07 Å². The maximum atomic E-state index is 6.03. The maximum absolute atomic E-state index is 6.03. The molecule has 2 aromatic rings. The van der Waals surface area contributed by atoms with Crippen LogP contribution in [0.5, 0.6) is 5.75 Å². The van der Waals surface area contributed by atoms with Crippen LogP contribution >= 0.6 is 0 Å². The molecule has 1 aliphatic heterocycles. The lowest BCUT2D eigenvalue weighted by Gasteiger charge is -2.25. The molecule has 2 atom stereocenters. The average molecular weight is 281 g/mol. The van der Waals surface area contributed by atoms with Crippen LogP contribution in [0.25, 0.3) is 0 Å². The highest BCUT2D eigenvalue weighted by atomic mass is 16.5. The fraction of sp³-hybridized carbons (Fsp3) is 0.368. The fourth-order valence-electron chi connectivity index (χ4n) is 3.09. The minimum absolute atomic E-state index is 0.233. The van der Waals surface area contributed by atoms with Gasteiger partial charge in [-0.3, -0.25) is 4.90 Å². The van der Waals surface area contributed by atoms with E-state index >= 15 is 0 Å². The van der Waals surface area contributed by atoms with Crippen molar-refractivity contribution >= 4 is 0 Å². The predicted molar refractivity (Wildman–Crippen MR) is 86.7 cm³/mol. The molecule has 0 N–H and O–H groups in total. The van der Waals surface area contributed by atoms with Gasteiger partial charge in [-0.1, -0.05) is 55.5 Å². The van der Waals surface area contributed by atoms with E-state index in [2.05, 4.69) is 67.3 Å². The zero-order valence-electron chi connectivity index (χ0n) is 12.8.